The smallest absolute Gasteiger partial charge is 0.512 e. The fourth-order valence-electron chi connectivity index (χ4n) is 0.150. The molecular weight excluding hydrogens is 456 g/mol. The van der Waals surface area contributed by atoms with E-state index in [1.807, 2.05) is 0 Å². The average Bonchev–Trinajstić information content (AvgIpc) is 2.75. The zero-order valence-corrected chi connectivity index (χ0v) is 13.5. The van der Waals surface area contributed by atoms with Gasteiger partial charge in [-0.15, -0.1) is 0 Å². The fraction of sp³-hybridized carbons (Fsp3) is 0.267. The van der Waals surface area contributed by atoms with Gasteiger partial charge in [-0.2, -0.15) is 15.8 Å². The molecule has 0 aromatic rings. The zero-order valence-electron chi connectivity index (χ0n) is 11.5. The van der Waals surface area contributed by atoms with Crippen LogP contribution in [0.3, 0.4) is 0 Å². The third-order valence-electron chi connectivity index (χ3n) is 0.653. The second-order valence-electron chi connectivity index (χ2n) is 1.16. The number of nitrogens with zero attached hydrogens (tertiary/aromatic N) is 11. The molecule has 0 aliphatic heterocycles. The summed E-state index contributed by atoms with van der Waals surface area (Å²) in [5, 5.41) is 68.0. The Kier molecular flexibility index (Phi) is 1360. The van der Waals surface area contributed by atoms with E-state index in [0.29, 0.717) is 0 Å². The molecule has 0 unspecified atom stereocenters. The Morgan fingerprint density at radius 2 is 0.607 bits per heavy atom. The van der Waals surface area contributed by atoms with Crippen molar-refractivity contribution in [1.82, 2.24) is 0 Å². The molecule has 0 amide bonds. The molecule has 151 valence electrons. The molecule has 0 aromatic heterocycles. The summed E-state index contributed by atoms with van der Waals surface area (Å²) in [6.07, 6.45) is 0. The van der Waals surface area contributed by atoms with Gasteiger partial charge in [0.05, 0.1) is 0 Å². The van der Waals surface area contributed by atoms with E-state index >= 15 is 0 Å². The van der Waals surface area contributed by atoms with E-state index in [1.165, 1.54) is 18.2 Å². The standard InChI is InChI=1S/C5N4.7CN.3CH4.Cu.Ni/c1-9-5(2-6,3-7)4-8;7*1-2;;;;;/h;;;;;;;;3*1H4;;/q;7*-1;;;;2*+2. The van der Waals surface area contributed by atoms with Crippen molar-refractivity contribution < 1.29 is 33.6 Å². The van der Waals surface area contributed by atoms with Crippen LogP contribution < -0.4 is 0 Å². The molecular formula is C15H12CuN11Ni-3. The van der Waals surface area contributed by atoms with Crippen LogP contribution in [0.2, 0.25) is 0 Å². The van der Waals surface area contributed by atoms with Crippen LogP contribution in [0.25, 0.3) is 4.85 Å². The molecule has 0 aliphatic rings. The second-order valence-corrected chi connectivity index (χ2v) is 1.16. The summed E-state index contributed by atoms with van der Waals surface area (Å²) in [4.78, 5) is 2.54. The van der Waals surface area contributed by atoms with Gasteiger partial charge < -0.3 is 82.8 Å². The normalized spacial score (nSPS) is 2.93. The average molecular weight is 469 g/mol. The van der Waals surface area contributed by atoms with Gasteiger partial charge in [-0.25, -0.2) is 6.57 Å². The molecule has 28 heavy (non-hydrogen) atoms. The largest absolute Gasteiger partial charge is 2.00 e. The van der Waals surface area contributed by atoms with Gasteiger partial charge in [0.25, 0.3) is 0 Å². The van der Waals surface area contributed by atoms with Crippen molar-refractivity contribution in [3.63, 3.8) is 0 Å². The van der Waals surface area contributed by atoms with Crippen molar-refractivity contribution in [2.75, 3.05) is 0 Å². The first-order chi connectivity index (χ1) is 11.2. The van der Waals surface area contributed by atoms with Gasteiger partial charge in [-0.05, 0) is 0 Å². The van der Waals surface area contributed by atoms with Gasteiger partial charge in [-0.1, -0.05) is 22.3 Å². The van der Waals surface area contributed by atoms with E-state index in [9.17, 15) is 0 Å². The molecule has 0 aromatic carbocycles. The van der Waals surface area contributed by atoms with E-state index in [2.05, 4.69) is 4.85 Å². The fourth-order valence-corrected chi connectivity index (χ4v) is 0.150. The van der Waals surface area contributed by atoms with Crippen LogP contribution in [0.1, 0.15) is 22.3 Å². The summed E-state index contributed by atoms with van der Waals surface area (Å²) in [6, 6.07) is 3.86. The molecule has 0 heterocycles. The summed E-state index contributed by atoms with van der Waals surface area (Å²) in [5.41, 5.74) is -2.12. The monoisotopic (exact) mass is 467 g/mol. The van der Waals surface area contributed by atoms with Crippen molar-refractivity contribution in [1.29, 1.82) is 52.6 Å². The first-order valence-corrected chi connectivity index (χ1v) is 3.43. The van der Waals surface area contributed by atoms with Gasteiger partial charge in [-0.3, -0.25) is 4.85 Å². The molecule has 0 bridgehead atoms. The van der Waals surface area contributed by atoms with Crippen LogP contribution >= 0.6 is 0 Å². The molecule has 1 radical (unpaired) electrons. The summed E-state index contributed by atoms with van der Waals surface area (Å²) >= 11 is 0. The first-order valence-electron chi connectivity index (χ1n) is 3.43. The van der Waals surface area contributed by atoms with E-state index < -0.39 is 5.54 Å². The van der Waals surface area contributed by atoms with Crippen molar-refractivity contribution in [2.24, 2.45) is 0 Å². The Morgan fingerprint density at radius 1 is 0.500 bits per heavy atom. The van der Waals surface area contributed by atoms with Crippen LogP contribution in [-0.4, -0.2) is 5.54 Å². The Hall–Kier alpha value is -4.60. The van der Waals surface area contributed by atoms with E-state index in [0.717, 1.165) is 0 Å². The number of hydrogen-bond acceptors (Lipinski definition) is 10. The predicted octanol–water partition coefficient (Wildman–Crippen LogP) is 2.79. The van der Waals surface area contributed by atoms with Crippen LogP contribution in [-0.2, 0) is 33.6 Å². The first kappa shape index (κ1) is 109. The number of rotatable bonds is 0. The predicted molar refractivity (Wildman–Crippen MR) is 81.1 cm³/mol. The molecule has 0 aliphatic carbocycles. The van der Waals surface area contributed by atoms with Crippen molar-refractivity contribution in [2.45, 2.75) is 27.8 Å². The van der Waals surface area contributed by atoms with Gasteiger partial charge in [0, 0.05) is 0 Å². The van der Waals surface area contributed by atoms with Crippen molar-refractivity contribution in [3.8, 4) is 18.2 Å². The van der Waals surface area contributed by atoms with Gasteiger partial charge in [0.15, 0.2) is 18.2 Å². The maximum absolute atomic E-state index is 8.07. The molecule has 0 atom stereocenters. The van der Waals surface area contributed by atoms with Crippen LogP contribution in [0.5, 0.6) is 0 Å². The van der Waals surface area contributed by atoms with Gasteiger partial charge >= 0.3 is 39.1 Å². The molecule has 0 N–H and O–H groups in total. The molecule has 0 rings (SSSR count). The van der Waals surface area contributed by atoms with Crippen LogP contribution in [0.15, 0.2) is 0 Å². The molecule has 11 nitrogen and oxygen atoms in total. The molecule has 13 heteroatoms. The summed E-state index contributed by atoms with van der Waals surface area (Å²) in [5.74, 6) is 0. The molecule has 0 saturated heterocycles. The molecule has 0 fully saturated rings. The van der Waals surface area contributed by atoms with E-state index in [4.69, 9.17) is 105 Å². The molecule has 0 saturated carbocycles. The topological polar surface area (TPSA) is 242 Å². The van der Waals surface area contributed by atoms with Crippen LogP contribution in [0, 0.1) is 123 Å². The zero-order chi connectivity index (χ0) is 21.3. The molecule has 0 spiro atoms. The summed E-state index contributed by atoms with van der Waals surface area (Å²) < 4.78 is 0. The number of nitriles is 3. The van der Waals surface area contributed by atoms with E-state index in [-0.39, 0.29) is 55.8 Å². The minimum Gasteiger partial charge on any atom is -0.512 e. The third kappa shape index (κ3) is 163. The Morgan fingerprint density at radius 3 is 0.607 bits per heavy atom. The Balaban J connectivity index is -0.00000000941. The Labute approximate surface area is 189 Å². The summed E-state index contributed by atoms with van der Waals surface area (Å²) in [7, 11) is 0. The van der Waals surface area contributed by atoms with Crippen LogP contribution in [0.4, 0.5) is 0 Å². The maximum atomic E-state index is 8.07. The minimum atomic E-state index is -2.12. The maximum Gasteiger partial charge on any atom is 2.00 e. The number of hydrogen-bond donors (Lipinski definition) is 0. The third-order valence-corrected chi connectivity index (χ3v) is 0.653. The van der Waals surface area contributed by atoms with Crippen molar-refractivity contribution in [3.05, 3.63) is 57.4 Å². The van der Waals surface area contributed by atoms with Crippen molar-refractivity contribution >= 4 is 0 Å². The second kappa shape index (κ2) is 352. The summed E-state index contributed by atoms with van der Waals surface area (Å²) in [6.45, 7) is 39.5. The van der Waals surface area contributed by atoms with E-state index in [1.54, 1.807) is 0 Å². The van der Waals surface area contributed by atoms with Gasteiger partial charge in [0.1, 0.15) is 0 Å². The Bertz CT molecular complexity index is 423. The minimum absolute atomic E-state index is 0. The SMILES string of the molecule is C.C.C.[C-]#N.[C-]#N.[C-]#N.[C-]#N.[C-]#N.[C-]#N.[C-]#N.[C-]#[N+]C(C#N)(C#N)C#N.[Cu+2].[Ni+2]. The quantitative estimate of drug-likeness (QED) is 0.371. The van der Waals surface area contributed by atoms with Gasteiger partial charge in [0.2, 0.25) is 0 Å².